The molecule has 1 saturated heterocycles. The SMILES string of the molecule is O=C(O)CC1(CN2CCN(CC(F)(F)F)CC2)CC1. The number of halogens is 3. The predicted molar refractivity (Wildman–Crippen MR) is 62.9 cm³/mol. The predicted octanol–water partition coefficient (Wildman–Crippen LogP) is 1.42. The molecule has 0 aromatic heterocycles. The summed E-state index contributed by atoms with van der Waals surface area (Å²) < 4.78 is 36.7. The second kappa shape index (κ2) is 5.28. The van der Waals surface area contributed by atoms with Crippen LogP contribution in [0.5, 0.6) is 0 Å². The molecule has 110 valence electrons. The standard InChI is InChI=1S/C12H19F3N2O2/c13-12(14,15)9-17-5-3-16(4-6-17)8-11(1-2-11)7-10(18)19/h1-9H2,(H,18,19). The van der Waals surface area contributed by atoms with Crippen molar-refractivity contribution in [1.82, 2.24) is 9.80 Å². The van der Waals surface area contributed by atoms with Gasteiger partial charge in [-0.25, -0.2) is 0 Å². The molecule has 0 bridgehead atoms. The number of nitrogens with zero attached hydrogens (tertiary/aromatic N) is 2. The number of aliphatic carboxylic acids is 1. The number of hydrogen-bond donors (Lipinski definition) is 1. The molecular formula is C12H19F3N2O2. The van der Waals surface area contributed by atoms with Crippen LogP contribution in [-0.4, -0.2) is 66.3 Å². The Kier molecular flexibility index (Phi) is 4.06. The molecule has 1 saturated carbocycles. The Bertz CT molecular complexity index is 334. The van der Waals surface area contributed by atoms with E-state index in [2.05, 4.69) is 4.90 Å². The smallest absolute Gasteiger partial charge is 0.401 e. The number of carboxylic acids is 1. The molecule has 0 aromatic carbocycles. The van der Waals surface area contributed by atoms with Gasteiger partial charge in [0, 0.05) is 32.7 Å². The highest BCUT2D eigenvalue weighted by molar-refractivity contribution is 5.68. The van der Waals surface area contributed by atoms with E-state index >= 15 is 0 Å². The van der Waals surface area contributed by atoms with Crippen molar-refractivity contribution in [2.75, 3.05) is 39.3 Å². The minimum Gasteiger partial charge on any atom is -0.481 e. The van der Waals surface area contributed by atoms with Crippen molar-refractivity contribution >= 4 is 5.97 Å². The molecular weight excluding hydrogens is 261 g/mol. The lowest BCUT2D eigenvalue weighted by molar-refractivity contribution is -0.150. The van der Waals surface area contributed by atoms with Gasteiger partial charge in [-0.05, 0) is 18.3 Å². The van der Waals surface area contributed by atoms with Gasteiger partial charge in [0.15, 0.2) is 0 Å². The molecule has 1 aliphatic heterocycles. The molecule has 1 heterocycles. The zero-order valence-electron chi connectivity index (χ0n) is 10.7. The third-order valence-corrected chi connectivity index (χ3v) is 3.91. The van der Waals surface area contributed by atoms with Gasteiger partial charge in [0.25, 0.3) is 0 Å². The van der Waals surface area contributed by atoms with E-state index in [0.29, 0.717) is 32.7 Å². The molecule has 1 aliphatic carbocycles. The van der Waals surface area contributed by atoms with E-state index in [-0.39, 0.29) is 11.8 Å². The summed E-state index contributed by atoms with van der Waals surface area (Å²) in [4.78, 5) is 14.3. The summed E-state index contributed by atoms with van der Waals surface area (Å²) in [5.41, 5.74) is -0.113. The van der Waals surface area contributed by atoms with Gasteiger partial charge in [0.05, 0.1) is 13.0 Å². The van der Waals surface area contributed by atoms with E-state index in [1.54, 1.807) is 0 Å². The average molecular weight is 280 g/mol. The number of carbonyl (C=O) groups is 1. The van der Waals surface area contributed by atoms with Gasteiger partial charge in [0.1, 0.15) is 0 Å². The van der Waals surface area contributed by atoms with Gasteiger partial charge in [-0.1, -0.05) is 0 Å². The van der Waals surface area contributed by atoms with Gasteiger partial charge in [-0.15, -0.1) is 0 Å². The molecule has 0 amide bonds. The van der Waals surface area contributed by atoms with Crippen LogP contribution in [0.2, 0.25) is 0 Å². The lowest BCUT2D eigenvalue weighted by Crippen LogP contribution is -2.50. The Morgan fingerprint density at radius 3 is 2.05 bits per heavy atom. The largest absolute Gasteiger partial charge is 0.481 e. The molecule has 7 heteroatoms. The zero-order valence-corrected chi connectivity index (χ0v) is 10.7. The molecule has 1 N–H and O–H groups in total. The van der Waals surface area contributed by atoms with E-state index in [0.717, 1.165) is 12.8 Å². The summed E-state index contributed by atoms with van der Waals surface area (Å²) in [7, 11) is 0. The minimum atomic E-state index is -4.14. The highest BCUT2D eigenvalue weighted by atomic mass is 19.4. The van der Waals surface area contributed by atoms with Crippen LogP contribution in [0.1, 0.15) is 19.3 Å². The first-order valence-electron chi connectivity index (χ1n) is 6.51. The molecule has 0 radical (unpaired) electrons. The Morgan fingerprint density at radius 2 is 1.63 bits per heavy atom. The van der Waals surface area contributed by atoms with Crippen LogP contribution < -0.4 is 0 Å². The fourth-order valence-corrected chi connectivity index (χ4v) is 2.72. The first-order chi connectivity index (χ1) is 8.78. The second-order valence-electron chi connectivity index (χ2n) is 5.74. The van der Waals surface area contributed by atoms with Crippen LogP contribution in [0.25, 0.3) is 0 Å². The molecule has 0 aromatic rings. The fourth-order valence-electron chi connectivity index (χ4n) is 2.72. The first kappa shape index (κ1) is 14.6. The minimum absolute atomic E-state index is 0.113. The van der Waals surface area contributed by atoms with Crippen LogP contribution in [-0.2, 0) is 4.79 Å². The van der Waals surface area contributed by atoms with Crippen molar-refractivity contribution in [3.63, 3.8) is 0 Å². The lowest BCUT2D eigenvalue weighted by atomic mass is 10.0. The monoisotopic (exact) mass is 280 g/mol. The first-order valence-corrected chi connectivity index (χ1v) is 6.51. The third-order valence-electron chi connectivity index (χ3n) is 3.91. The Balaban J connectivity index is 1.73. The van der Waals surface area contributed by atoms with E-state index < -0.39 is 18.7 Å². The van der Waals surface area contributed by atoms with Crippen LogP contribution in [0.4, 0.5) is 13.2 Å². The molecule has 2 rings (SSSR count). The van der Waals surface area contributed by atoms with Gasteiger partial charge < -0.3 is 10.0 Å². The molecule has 4 nitrogen and oxygen atoms in total. The normalized spacial score (nSPS) is 24.4. The zero-order chi connectivity index (χ0) is 14.1. The second-order valence-corrected chi connectivity index (χ2v) is 5.74. The summed E-state index contributed by atoms with van der Waals surface area (Å²) in [5, 5.41) is 8.84. The summed E-state index contributed by atoms with van der Waals surface area (Å²) in [5.74, 6) is -0.784. The van der Waals surface area contributed by atoms with E-state index in [1.165, 1.54) is 4.90 Å². The summed E-state index contributed by atoms with van der Waals surface area (Å²) in [6, 6.07) is 0. The average Bonchev–Trinajstić information content (AvgIpc) is 2.98. The Hall–Kier alpha value is -0.820. The topological polar surface area (TPSA) is 43.8 Å². The van der Waals surface area contributed by atoms with E-state index in [4.69, 9.17) is 5.11 Å². The van der Waals surface area contributed by atoms with Crippen LogP contribution in [0.3, 0.4) is 0 Å². The molecule has 0 atom stereocenters. The van der Waals surface area contributed by atoms with Crippen molar-refractivity contribution in [1.29, 1.82) is 0 Å². The summed E-state index contributed by atoms with van der Waals surface area (Å²) in [6.45, 7) is 1.86. The molecule has 0 unspecified atom stereocenters. The molecule has 2 aliphatic rings. The number of piperazine rings is 1. The quantitative estimate of drug-likeness (QED) is 0.827. The van der Waals surface area contributed by atoms with Gasteiger partial charge in [-0.2, -0.15) is 13.2 Å². The Morgan fingerprint density at radius 1 is 1.11 bits per heavy atom. The van der Waals surface area contributed by atoms with Crippen molar-refractivity contribution in [2.24, 2.45) is 5.41 Å². The Labute approximate surface area is 110 Å². The number of rotatable bonds is 5. The van der Waals surface area contributed by atoms with Gasteiger partial charge in [-0.3, -0.25) is 9.69 Å². The van der Waals surface area contributed by atoms with Crippen LogP contribution in [0, 0.1) is 5.41 Å². The lowest BCUT2D eigenvalue weighted by Gasteiger charge is -2.36. The fraction of sp³-hybridized carbons (Fsp3) is 0.917. The highest BCUT2D eigenvalue weighted by Gasteiger charge is 2.46. The van der Waals surface area contributed by atoms with Crippen LogP contribution >= 0.6 is 0 Å². The van der Waals surface area contributed by atoms with E-state index in [1.807, 2.05) is 0 Å². The van der Waals surface area contributed by atoms with Crippen molar-refractivity contribution in [3.8, 4) is 0 Å². The molecule has 0 spiro atoms. The maximum Gasteiger partial charge on any atom is 0.401 e. The van der Waals surface area contributed by atoms with E-state index in [9.17, 15) is 18.0 Å². The van der Waals surface area contributed by atoms with Crippen molar-refractivity contribution in [2.45, 2.75) is 25.4 Å². The summed E-state index contributed by atoms with van der Waals surface area (Å²) >= 11 is 0. The van der Waals surface area contributed by atoms with Crippen molar-refractivity contribution < 1.29 is 23.1 Å². The maximum absolute atomic E-state index is 12.2. The number of hydrogen-bond acceptors (Lipinski definition) is 3. The highest BCUT2D eigenvalue weighted by Crippen LogP contribution is 2.49. The summed E-state index contributed by atoms with van der Waals surface area (Å²) in [6.07, 6.45) is -2.12. The maximum atomic E-state index is 12.2. The van der Waals surface area contributed by atoms with Crippen LogP contribution in [0.15, 0.2) is 0 Å². The van der Waals surface area contributed by atoms with Gasteiger partial charge in [0.2, 0.25) is 0 Å². The van der Waals surface area contributed by atoms with Gasteiger partial charge >= 0.3 is 12.1 Å². The third kappa shape index (κ3) is 4.65. The number of alkyl halides is 3. The molecule has 2 fully saturated rings. The number of carboxylic acid groups (broad SMARTS) is 1. The molecule has 19 heavy (non-hydrogen) atoms. The van der Waals surface area contributed by atoms with Crippen molar-refractivity contribution in [3.05, 3.63) is 0 Å².